The standard InChI is InChI=1S/C15H13BrN4O/c1-11-14(16)15(21)19(10-17-11)8-12-7-18-20(9-12)13-5-3-2-4-6-13/h2-7,9-10H,8H2,1H3. The lowest BCUT2D eigenvalue weighted by Crippen LogP contribution is -2.22. The fourth-order valence-corrected chi connectivity index (χ4v) is 2.35. The summed E-state index contributed by atoms with van der Waals surface area (Å²) in [6, 6.07) is 9.84. The Kier molecular flexibility index (Phi) is 3.70. The molecule has 2 aromatic heterocycles. The van der Waals surface area contributed by atoms with Gasteiger partial charge < -0.3 is 0 Å². The summed E-state index contributed by atoms with van der Waals surface area (Å²) in [5, 5.41) is 4.32. The number of nitrogens with zero attached hydrogens (tertiary/aromatic N) is 4. The number of hydrogen-bond acceptors (Lipinski definition) is 3. The molecule has 3 aromatic rings. The molecule has 0 bridgehead atoms. The molecule has 5 nitrogen and oxygen atoms in total. The van der Waals surface area contributed by atoms with Gasteiger partial charge in [-0.3, -0.25) is 9.36 Å². The molecule has 0 N–H and O–H groups in total. The number of rotatable bonds is 3. The molecule has 21 heavy (non-hydrogen) atoms. The fourth-order valence-electron chi connectivity index (χ4n) is 2.02. The number of benzene rings is 1. The highest BCUT2D eigenvalue weighted by Gasteiger charge is 2.07. The van der Waals surface area contributed by atoms with E-state index in [4.69, 9.17) is 0 Å². The minimum Gasteiger partial charge on any atom is -0.294 e. The van der Waals surface area contributed by atoms with Gasteiger partial charge in [-0.15, -0.1) is 0 Å². The highest BCUT2D eigenvalue weighted by Crippen LogP contribution is 2.10. The maximum atomic E-state index is 12.1. The van der Waals surface area contributed by atoms with Crippen LogP contribution in [0.2, 0.25) is 0 Å². The van der Waals surface area contributed by atoms with Crippen molar-refractivity contribution >= 4 is 15.9 Å². The molecule has 0 aliphatic rings. The molecule has 0 aliphatic heterocycles. The second-order valence-corrected chi connectivity index (χ2v) is 5.50. The van der Waals surface area contributed by atoms with Crippen molar-refractivity contribution in [2.75, 3.05) is 0 Å². The Bertz CT molecular complexity index is 823. The van der Waals surface area contributed by atoms with Crippen LogP contribution in [0.3, 0.4) is 0 Å². The molecular weight excluding hydrogens is 332 g/mol. The predicted molar refractivity (Wildman–Crippen MR) is 83.6 cm³/mol. The van der Waals surface area contributed by atoms with Crippen LogP contribution in [0.4, 0.5) is 0 Å². The monoisotopic (exact) mass is 344 g/mol. The van der Waals surface area contributed by atoms with Gasteiger partial charge in [0.15, 0.2) is 0 Å². The first-order valence-corrected chi connectivity index (χ1v) is 7.25. The van der Waals surface area contributed by atoms with Gasteiger partial charge in [-0.1, -0.05) is 18.2 Å². The van der Waals surface area contributed by atoms with Gasteiger partial charge >= 0.3 is 0 Å². The molecule has 0 amide bonds. The maximum absolute atomic E-state index is 12.1. The second kappa shape index (κ2) is 5.65. The Hall–Kier alpha value is -2.21. The van der Waals surface area contributed by atoms with Crippen LogP contribution in [0, 0.1) is 6.92 Å². The third kappa shape index (κ3) is 2.80. The van der Waals surface area contributed by atoms with Gasteiger partial charge in [0.25, 0.3) is 5.56 Å². The number of para-hydroxylation sites is 1. The van der Waals surface area contributed by atoms with Gasteiger partial charge in [0.05, 0.1) is 30.5 Å². The Morgan fingerprint density at radius 1 is 1.24 bits per heavy atom. The zero-order valence-corrected chi connectivity index (χ0v) is 13.0. The molecule has 3 rings (SSSR count). The lowest BCUT2D eigenvalue weighted by molar-refractivity contribution is 0.724. The summed E-state index contributed by atoms with van der Waals surface area (Å²) in [5.74, 6) is 0. The summed E-state index contributed by atoms with van der Waals surface area (Å²) in [4.78, 5) is 16.3. The van der Waals surface area contributed by atoms with Crippen molar-refractivity contribution in [1.82, 2.24) is 19.3 Å². The van der Waals surface area contributed by atoms with E-state index in [1.54, 1.807) is 28.7 Å². The van der Waals surface area contributed by atoms with Crippen molar-refractivity contribution < 1.29 is 0 Å². The van der Waals surface area contributed by atoms with E-state index >= 15 is 0 Å². The van der Waals surface area contributed by atoms with E-state index in [0.29, 0.717) is 16.7 Å². The number of halogens is 1. The lowest BCUT2D eigenvalue weighted by Gasteiger charge is -2.05. The Morgan fingerprint density at radius 3 is 2.76 bits per heavy atom. The van der Waals surface area contributed by atoms with E-state index in [9.17, 15) is 4.79 Å². The van der Waals surface area contributed by atoms with Gasteiger partial charge in [-0.05, 0) is 35.0 Å². The molecule has 0 spiro atoms. The van der Waals surface area contributed by atoms with Crippen LogP contribution >= 0.6 is 15.9 Å². The van der Waals surface area contributed by atoms with Crippen LogP contribution < -0.4 is 5.56 Å². The van der Waals surface area contributed by atoms with Crippen molar-refractivity contribution in [1.29, 1.82) is 0 Å². The molecule has 0 unspecified atom stereocenters. The van der Waals surface area contributed by atoms with E-state index < -0.39 is 0 Å². The average Bonchev–Trinajstić information content (AvgIpc) is 2.97. The molecule has 0 aliphatic carbocycles. The Labute approximate surface area is 130 Å². The molecule has 1 aromatic carbocycles. The van der Waals surface area contributed by atoms with E-state index in [1.807, 2.05) is 36.5 Å². The third-order valence-corrected chi connectivity index (χ3v) is 4.08. The molecule has 0 atom stereocenters. The van der Waals surface area contributed by atoms with Crippen molar-refractivity contribution in [2.24, 2.45) is 0 Å². The molecular formula is C15H13BrN4O. The third-order valence-electron chi connectivity index (χ3n) is 3.17. The molecule has 0 fully saturated rings. The smallest absolute Gasteiger partial charge is 0.268 e. The first-order valence-electron chi connectivity index (χ1n) is 6.45. The van der Waals surface area contributed by atoms with E-state index in [0.717, 1.165) is 11.3 Å². The van der Waals surface area contributed by atoms with Crippen LogP contribution in [0.25, 0.3) is 5.69 Å². The minimum atomic E-state index is -0.0880. The molecule has 0 saturated carbocycles. The van der Waals surface area contributed by atoms with Gasteiger partial charge in [0.1, 0.15) is 4.47 Å². The number of hydrogen-bond donors (Lipinski definition) is 0. The van der Waals surface area contributed by atoms with Crippen molar-refractivity contribution in [3.05, 3.63) is 75.1 Å². The summed E-state index contributed by atoms with van der Waals surface area (Å²) in [6.07, 6.45) is 5.23. The molecule has 6 heteroatoms. The second-order valence-electron chi connectivity index (χ2n) is 4.71. The summed E-state index contributed by atoms with van der Waals surface area (Å²) < 4.78 is 3.85. The van der Waals surface area contributed by atoms with Gasteiger partial charge in [0.2, 0.25) is 0 Å². The molecule has 2 heterocycles. The normalized spacial score (nSPS) is 10.8. The topological polar surface area (TPSA) is 52.7 Å². The SMILES string of the molecule is Cc1ncn(Cc2cnn(-c3ccccc3)c2)c(=O)c1Br. The summed E-state index contributed by atoms with van der Waals surface area (Å²) in [7, 11) is 0. The zero-order chi connectivity index (χ0) is 14.8. The largest absolute Gasteiger partial charge is 0.294 e. The van der Waals surface area contributed by atoms with Gasteiger partial charge in [0, 0.05) is 11.8 Å². The van der Waals surface area contributed by atoms with E-state index in [-0.39, 0.29) is 5.56 Å². The predicted octanol–water partition coefficient (Wildman–Crippen LogP) is 2.55. The first-order chi connectivity index (χ1) is 10.1. The van der Waals surface area contributed by atoms with Crippen molar-refractivity contribution in [3.8, 4) is 5.69 Å². The van der Waals surface area contributed by atoms with Gasteiger partial charge in [-0.25, -0.2) is 9.67 Å². The quantitative estimate of drug-likeness (QED) is 0.733. The summed E-state index contributed by atoms with van der Waals surface area (Å²) in [6.45, 7) is 2.24. The van der Waals surface area contributed by atoms with E-state index in [1.165, 1.54) is 0 Å². The van der Waals surface area contributed by atoms with Gasteiger partial charge in [-0.2, -0.15) is 5.10 Å². The Balaban J connectivity index is 1.89. The zero-order valence-electron chi connectivity index (χ0n) is 11.4. The number of aryl methyl sites for hydroxylation is 1. The highest BCUT2D eigenvalue weighted by molar-refractivity contribution is 9.10. The molecule has 0 radical (unpaired) electrons. The van der Waals surface area contributed by atoms with Crippen LogP contribution in [-0.2, 0) is 6.54 Å². The number of aromatic nitrogens is 4. The van der Waals surface area contributed by atoms with Crippen molar-refractivity contribution in [2.45, 2.75) is 13.5 Å². The van der Waals surface area contributed by atoms with Crippen molar-refractivity contribution in [3.63, 3.8) is 0 Å². The summed E-state index contributed by atoms with van der Waals surface area (Å²) >= 11 is 3.27. The van der Waals surface area contributed by atoms with Crippen LogP contribution in [-0.4, -0.2) is 19.3 Å². The fraction of sp³-hybridized carbons (Fsp3) is 0.133. The lowest BCUT2D eigenvalue weighted by atomic mass is 10.3. The molecule has 0 saturated heterocycles. The van der Waals surface area contributed by atoms with Crippen LogP contribution in [0.1, 0.15) is 11.3 Å². The minimum absolute atomic E-state index is 0.0880. The summed E-state index contributed by atoms with van der Waals surface area (Å²) in [5.41, 5.74) is 2.53. The van der Waals surface area contributed by atoms with Crippen LogP contribution in [0.15, 0.2) is 58.3 Å². The first kappa shape index (κ1) is 13.8. The molecule has 106 valence electrons. The highest BCUT2D eigenvalue weighted by atomic mass is 79.9. The average molecular weight is 345 g/mol. The van der Waals surface area contributed by atoms with Crippen LogP contribution in [0.5, 0.6) is 0 Å². The Morgan fingerprint density at radius 2 is 2.00 bits per heavy atom. The van der Waals surface area contributed by atoms with E-state index in [2.05, 4.69) is 26.0 Å². The maximum Gasteiger partial charge on any atom is 0.268 e.